The van der Waals surface area contributed by atoms with E-state index in [1.54, 1.807) is 18.2 Å². The van der Waals surface area contributed by atoms with Crippen molar-refractivity contribution in [2.24, 2.45) is 11.8 Å². The van der Waals surface area contributed by atoms with E-state index in [2.05, 4.69) is 6.07 Å². The van der Waals surface area contributed by atoms with Crippen molar-refractivity contribution >= 4 is 23.5 Å². The molecule has 0 spiro atoms. The van der Waals surface area contributed by atoms with Gasteiger partial charge < -0.3 is 10.0 Å². The number of benzene rings is 2. The van der Waals surface area contributed by atoms with Crippen molar-refractivity contribution in [3.63, 3.8) is 0 Å². The Bertz CT molecular complexity index is 1040. The predicted octanol–water partition coefficient (Wildman–Crippen LogP) is 4.37. The molecule has 0 bridgehead atoms. The van der Waals surface area contributed by atoms with Gasteiger partial charge in [-0.15, -0.1) is 0 Å². The molecule has 3 atom stereocenters. The van der Waals surface area contributed by atoms with Gasteiger partial charge in [0.2, 0.25) is 5.91 Å². The zero-order valence-electron chi connectivity index (χ0n) is 16.1. The molecule has 3 unspecified atom stereocenters. The maximum absolute atomic E-state index is 13.0. The fourth-order valence-electron chi connectivity index (χ4n) is 4.94. The molecular weight excluding hydrogens is 388 g/mol. The molecule has 2 aromatic carbocycles. The highest BCUT2D eigenvalue weighted by atomic mass is 35.5. The van der Waals surface area contributed by atoms with Gasteiger partial charge >= 0.3 is 5.97 Å². The average molecular weight is 409 g/mol. The summed E-state index contributed by atoms with van der Waals surface area (Å²) in [5.74, 6) is -0.654. The van der Waals surface area contributed by atoms with Gasteiger partial charge in [0.05, 0.1) is 16.1 Å². The van der Waals surface area contributed by atoms with E-state index in [0.717, 1.165) is 29.5 Å². The molecule has 29 heavy (non-hydrogen) atoms. The molecule has 1 aliphatic heterocycles. The lowest BCUT2D eigenvalue weighted by molar-refractivity contribution is -0.131. The first-order valence-electron chi connectivity index (χ1n) is 9.71. The Balaban J connectivity index is 1.58. The summed E-state index contributed by atoms with van der Waals surface area (Å²) in [6.07, 6.45) is 1.62. The van der Waals surface area contributed by atoms with Crippen LogP contribution in [0.2, 0.25) is 5.02 Å². The van der Waals surface area contributed by atoms with Crippen LogP contribution in [0.5, 0.6) is 0 Å². The number of rotatable bonds is 4. The van der Waals surface area contributed by atoms with Crippen LogP contribution in [0, 0.1) is 30.1 Å². The quantitative estimate of drug-likeness (QED) is 0.814. The molecule has 4 rings (SSSR count). The van der Waals surface area contributed by atoms with Gasteiger partial charge in [-0.1, -0.05) is 35.9 Å². The minimum Gasteiger partial charge on any atom is -0.478 e. The number of carbonyl (C=O) groups excluding carboxylic acids is 1. The van der Waals surface area contributed by atoms with Crippen molar-refractivity contribution in [3.8, 4) is 6.07 Å². The molecule has 1 amide bonds. The summed E-state index contributed by atoms with van der Waals surface area (Å²) in [7, 11) is 0. The van der Waals surface area contributed by atoms with Crippen molar-refractivity contribution < 1.29 is 14.7 Å². The Morgan fingerprint density at radius 2 is 1.97 bits per heavy atom. The van der Waals surface area contributed by atoms with Gasteiger partial charge in [0.1, 0.15) is 6.07 Å². The van der Waals surface area contributed by atoms with E-state index >= 15 is 0 Å². The summed E-state index contributed by atoms with van der Waals surface area (Å²) in [4.78, 5) is 26.5. The molecule has 5 nitrogen and oxygen atoms in total. The highest BCUT2D eigenvalue weighted by Gasteiger charge is 2.49. The van der Waals surface area contributed by atoms with Crippen molar-refractivity contribution in [1.82, 2.24) is 4.90 Å². The number of aromatic carboxylic acids is 1. The number of nitrogens with zero attached hydrogens (tertiary/aromatic N) is 2. The minimum absolute atomic E-state index is 0.0592. The summed E-state index contributed by atoms with van der Waals surface area (Å²) < 4.78 is 0. The van der Waals surface area contributed by atoms with Crippen LogP contribution in [-0.4, -0.2) is 28.4 Å². The van der Waals surface area contributed by atoms with Crippen molar-refractivity contribution in [2.75, 3.05) is 6.54 Å². The smallest absolute Gasteiger partial charge is 0.335 e. The summed E-state index contributed by atoms with van der Waals surface area (Å²) in [5.41, 5.74) is 3.36. The number of likely N-dealkylation sites (tertiary alicyclic amines) is 1. The fourth-order valence-corrected chi connectivity index (χ4v) is 5.17. The summed E-state index contributed by atoms with van der Waals surface area (Å²) >= 11 is 6.28. The molecule has 1 saturated carbocycles. The monoisotopic (exact) mass is 408 g/mol. The minimum atomic E-state index is -0.923. The third-order valence-corrected chi connectivity index (χ3v) is 6.94. The predicted molar refractivity (Wildman–Crippen MR) is 109 cm³/mol. The average Bonchev–Trinajstić information content (AvgIpc) is 3.26. The van der Waals surface area contributed by atoms with E-state index in [1.165, 1.54) is 0 Å². The van der Waals surface area contributed by atoms with Gasteiger partial charge in [0, 0.05) is 19.0 Å². The van der Waals surface area contributed by atoms with E-state index in [1.807, 2.05) is 30.0 Å². The second-order valence-corrected chi connectivity index (χ2v) is 8.27. The maximum Gasteiger partial charge on any atom is 0.335 e. The zero-order valence-corrected chi connectivity index (χ0v) is 16.8. The third kappa shape index (κ3) is 3.28. The largest absolute Gasteiger partial charge is 0.478 e. The number of hydrogen-bond donors (Lipinski definition) is 1. The number of hydrogen-bond acceptors (Lipinski definition) is 3. The molecule has 148 valence electrons. The molecule has 2 aromatic rings. The van der Waals surface area contributed by atoms with Gasteiger partial charge in [-0.3, -0.25) is 4.79 Å². The van der Waals surface area contributed by atoms with E-state index in [9.17, 15) is 14.7 Å². The molecule has 2 aliphatic rings. The molecular formula is C23H21ClN2O3. The lowest BCUT2D eigenvalue weighted by Gasteiger charge is -2.23. The second kappa shape index (κ2) is 7.53. The number of amides is 1. The maximum atomic E-state index is 13.0. The van der Waals surface area contributed by atoms with Crippen LogP contribution in [0.3, 0.4) is 0 Å². The first kappa shape index (κ1) is 19.5. The topological polar surface area (TPSA) is 81.4 Å². The van der Waals surface area contributed by atoms with Crippen LogP contribution in [0.1, 0.15) is 51.4 Å². The zero-order chi connectivity index (χ0) is 20.7. The van der Waals surface area contributed by atoms with Crippen LogP contribution >= 0.6 is 11.6 Å². The van der Waals surface area contributed by atoms with Gasteiger partial charge in [-0.2, -0.15) is 5.26 Å². The fraction of sp³-hybridized carbons (Fsp3) is 0.348. The Labute approximate surface area is 174 Å². The van der Waals surface area contributed by atoms with E-state index < -0.39 is 5.97 Å². The van der Waals surface area contributed by atoms with E-state index in [-0.39, 0.29) is 23.7 Å². The lowest BCUT2D eigenvalue weighted by atomic mass is 9.84. The normalized spacial score (nSPS) is 23.1. The Hall–Kier alpha value is -2.84. The Morgan fingerprint density at radius 1 is 1.24 bits per heavy atom. The first-order valence-corrected chi connectivity index (χ1v) is 10.1. The molecule has 1 aliphatic carbocycles. The molecule has 6 heteroatoms. The number of halogens is 1. The highest BCUT2D eigenvalue weighted by molar-refractivity contribution is 6.32. The molecule has 0 radical (unpaired) electrons. The first-order chi connectivity index (χ1) is 13.9. The van der Waals surface area contributed by atoms with Crippen LogP contribution in [-0.2, 0) is 11.3 Å². The van der Waals surface area contributed by atoms with E-state index in [0.29, 0.717) is 29.2 Å². The molecule has 1 heterocycles. The number of carbonyl (C=O) groups is 2. The van der Waals surface area contributed by atoms with Crippen LogP contribution in [0.4, 0.5) is 0 Å². The standard InChI is InChI=1S/C23H21ClN2O3/c1-13-15(7-6-14(10-25)21(13)24)11-26-12-20-17(8-9-18(20)22(26)27)16-4-2-3-5-19(16)23(28)29/h2-7,17-18,20H,8-9,11-12H2,1H3,(H,28,29). The summed E-state index contributed by atoms with van der Waals surface area (Å²) in [6, 6.07) is 12.8. The Morgan fingerprint density at radius 3 is 2.69 bits per heavy atom. The van der Waals surface area contributed by atoms with Crippen LogP contribution < -0.4 is 0 Å². The van der Waals surface area contributed by atoms with Gasteiger partial charge in [-0.25, -0.2) is 4.79 Å². The second-order valence-electron chi connectivity index (χ2n) is 7.89. The molecule has 2 fully saturated rings. The third-order valence-electron chi connectivity index (χ3n) is 6.45. The van der Waals surface area contributed by atoms with Gasteiger partial charge in [0.15, 0.2) is 0 Å². The Kier molecular flexibility index (Phi) is 5.06. The van der Waals surface area contributed by atoms with Gasteiger partial charge in [0.25, 0.3) is 0 Å². The van der Waals surface area contributed by atoms with Crippen LogP contribution in [0.15, 0.2) is 36.4 Å². The highest BCUT2D eigenvalue weighted by Crippen LogP contribution is 2.49. The molecule has 1 saturated heterocycles. The lowest BCUT2D eigenvalue weighted by Crippen LogP contribution is -2.27. The number of fused-ring (bicyclic) bond motifs is 1. The molecule has 1 N–H and O–H groups in total. The van der Waals surface area contributed by atoms with Crippen molar-refractivity contribution in [2.45, 2.75) is 32.2 Å². The number of carboxylic acids is 1. The number of nitriles is 1. The van der Waals surface area contributed by atoms with Crippen molar-refractivity contribution in [3.05, 3.63) is 69.2 Å². The number of carboxylic acid groups (broad SMARTS) is 1. The molecule has 0 aromatic heterocycles. The van der Waals surface area contributed by atoms with Crippen LogP contribution in [0.25, 0.3) is 0 Å². The summed E-state index contributed by atoms with van der Waals surface area (Å²) in [6.45, 7) is 2.93. The SMILES string of the molecule is Cc1c(CN2CC3C(CCC3c3ccccc3C(=O)O)C2=O)ccc(C#N)c1Cl. The van der Waals surface area contributed by atoms with Crippen molar-refractivity contribution in [1.29, 1.82) is 5.26 Å². The van der Waals surface area contributed by atoms with Gasteiger partial charge in [-0.05, 0) is 60.4 Å². The summed E-state index contributed by atoms with van der Waals surface area (Å²) in [5, 5.41) is 19.1. The van der Waals surface area contributed by atoms with E-state index in [4.69, 9.17) is 16.9 Å².